The van der Waals surface area contributed by atoms with E-state index in [0.29, 0.717) is 5.69 Å². The Morgan fingerprint density at radius 1 is 1.26 bits per heavy atom. The molecule has 0 fully saturated rings. The van der Waals surface area contributed by atoms with Crippen LogP contribution in [0.3, 0.4) is 0 Å². The van der Waals surface area contributed by atoms with Gasteiger partial charge in [0, 0.05) is 11.1 Å². The monoisotopic (exact) mass is 260 g/mol. The van der Waals surface area contributed by atoms with Crippen LogP contribution in [0.25, 0.3) is 0 Å². The van der Waals surface area contributed by atoms with Crippen LogP contribution in [0.2, 0.25) is 0 Å². The minimum absolute atomic E-state index is 0.227. The second-order valence-electron chi connectivity index (χ2n) is 5.67. The van der Waals surface area contributed by atoms with Gasteiger partial charge in [-0.05, 0) is 12.1 Å². The van der Waals surface area contributed by atoms with Gasteiger partial charge in [0.1, 0.15) is 0 Å². The SMILES string of the molecule is CC(C)(C)C(=O)C1C(=O)Nc2cccc(N)c2C1=O. The van der Waals surface area contributed by atoms with Crippen molar-refractivity contribution in [3.63, 3.8) is 0 Å². The number of nitrogens with two attached hydrogens (primary N) is 1. The molecule has 1 aliphatic heterocycles. The molecule has 3 N–H and O–H groups in total. The van der Waals surface area contributed by atoms with Gasteiger partial charge < -0.3 is 11.1 Å². The van der Waals surface area contributed by atoms with E-state index < -0.39 is 28.8 Å². The topological polar surface area (TPSA) is 89.3 Å². The molecule has 5 nitrogen and oxygen atoms in total. The van der Waals surface area contributed by atoms with Crippen molar-refractivity contribution in [2.45, 2.75) is 20.8 Å². The van der Waals surface area contributed by atoms with E-state index >= 15 is 0 Å². The lowest BCUT2D eigenvalue weighted by atomic mass is 9.77. The van der Waals surface area contributed by atoms with Crippen LogP contribution in [0.4, 0.5) is 11.4 Å². The third-order valence-electron chi connectivity index (χ3n) is 3.13. The highest BCUT2D eigenvalue weighted by Crippen LogP contribution is 2.33. The van der Waals surface area contributed by atoms with Gasteiger partial charge in [0.25, 0.3) is 0 Å². The molecule has 1 aliphatic rings. The lowest BCUT2D eigenvalue weighted by Gasteiger charge is -2.28. The first-order valence-corrected chi connectivity index (χ1v) is 6.01. The second-order valence-corrected chi connectivity index (χ2v) is 5.67. The van der Waals surface area contributed by atoms with Crippen LogP contribution in [0.1, 0.15) is 31.1 Å². The summed E-state index contributed by atoms with van der Waals surface area (Å²) < 4.78 is 0. The van der Waals surface area contributed by atoms with Crippen LogP contribution in [0.15, 0.2) is 18.2 Å². The summed E-state index contributed by atoms with van der Waals surface area (Å²) in [6.07, 6.45) is 0. The van der Waals surface area contributed by atoms with Crippen molar-refractivity contribution in [1.29, 1.82) is 0 Å². The summed E-state index contributed by atoms with van der Waals surface area (Å²) in [5, 5.41) is 2.57. The first-order valence-electron chi connectivity index (χ1n) is 6.01. The summed E-state index contributed by atoms with van der Waals surface area (Å²) in [4.78, 5) is 36.6. The molecule has 1 unspecified atom stereocenters. The minimum Gasteiger partial charge on any atom is -0.398 e. The van der Waals surface area contributed by atoms with Crippen LogP contribution in [0.5, 0.6) is 0 Å². The lowest BCUT2D eigenvalue weighted by molar-refractivity contribution is -0.134. The van der Waals surface area contributed by atoms with Gasteiger partial charge >= 0.3 is 0 Å². The highest BCUT2D eigenvalue weighted by atomic mass is 16.2. The number of rotatable bonds is 1. The lowest BCUT2D eigenvalue weighted by Crippen LogP contribution is -2.45. The first kappa shape index (κ1) is 13.3. The number of amides is 1. The molecule has 5 heteroatoms. The fourth-order valence-electron chi connectivity index (χ4n) is 2.09. The number of nitrogen functional groups attached to an aromatic ring is 1. The molecule has 1 atom stereocenters. The van der Waals surface area contributed by atoms with Gasteiger partial charge in [-0.1, -0.05) is 26.8 Å². The average Bonchev–Trinajstić information content (AvgIpc) is 2.26. The van der Waals surface area contributed by atoms with E-state index in [1.807, 2.05) is 0 Å². The van der Waals surface area contributed by atoms with E-state index in [1.54, 1.807) is 39.0 Å². The molecule has 0 bridgehead atoms. The molecule has 100 valence electrons. The molecule has 0 aliphatic carbocycles. The highest BCUT2D eigenvalue weighted by Gasteiger charge is 2.44. The molecule has 1 aromatic carbocycles. The second kappa shape index (κ2) is 4.19. The maximum Gasteiger partial charge on any atom is 0.242 e. The van der Waals surface area contributed by atoms with Crippen LogP contribution >= 0.6 is 0 Å². The number of carbonyl (C=O) groups is 3. The Kier molecular flexibility index (Phi) is 2.92. The summed E-state index contributed by atoms with van der Waals surface area (Å²) in [5.74, 6) is -2.80. The van der Waals surface area contributed by atoms with E-state index in [9.17, 15) is 14.4 Å². The summed E-state index contributed by atoms with van der Waals surface area (Å²) in [6, 6.07) is 4.82. The van der Waals surface area contributed by atoms with Gasteiger partial charge in [-0.25, -0.2) is 0 Å². The maximum atomic E-state index is 12.4. The minimum atomic E-state index is -1.31. The molecule has 0 saturated carbocycles. The summed E-state index contributed by atoms with van der Waals surface area (Å²) >= 11 is 0. The fraction of sp³-hybridized carbons (Fsp3) is 0.357. The fourth-order valence-corrected chi connectivity index (χ4v) is 2.09. The third kappa shape index (κ3) is 2.12. The maximum absolute atomic E-state index is 12.4. The van der Waals surface area contributed by atoms with E-state index in [0.717, 1.165) is 0 Å². The quantitative estimate of drug-likeness (QED) is 0.593. The molecular weight excluding hydrogens is 244 g/mol. The van der Waals surface area contributed by atoms with Gasteiger partial charge in [-0.2, -0.15) is 0 Å². The molecule has 0 aromatic heterocycles. The van der Waals surface area contributed by atoms with Gasteiger partial charge in [-0.15, -0.1) is 0 Å². The Bertz CT molecular complexity index is 585. The number of anilines is 2. The Morgan fingerprint density at radius 3 is 2.47 bits per heavy atom. The smallest absolute Gasteiger partial charge is 0.242 e. The zero-order valence-electron chi connectivity index (χ0n) is 11.1. The zero-order chi connectivity index (χ0) is 14.4. The van der Waals surface area contributed by atoms with E-state index in [-0.39, 0.29) is 11.3 Å². The highest BCUT2D eigenvalue weighted by molar-refractivity contribution is 6.32. The zero-order valence-corrected chi connectivity index (χ0v) is 11.1. The molecule has 1 aromatic rings. The Morgan fingerprint density at radius 2 is 1.89 bits per heavy atom. The molecule has 2 rings (SSSR count). The number of carbonyl (C=O) groups excluding carboxylic acids is 3. The first-order chi connectivity index (χ1) is 8.73. The van der Waals surface area contributed by atoms with E-state index in [1.165, 1.54) is 0 Å². The van der Waals surface area contributed by atoms with Crippen molar-refractivity contribution in [3.05, 3.63) is 23.8 Å². The van der Waals surface area contributed by atoms with Crippen LogP contribution in [-0.4, -0.2) is 17.5 Å². The van der Waals surface area contributed by atoms with Crippen molar-refractivity contribution in [1.82, 2.24) is 0 Å². The number of hydrogen-bond acceptors (Lipinski definition) is 4. The van der Waals surface area contributed by atoms with Crippen molar-refractivity contribution < 1.29 is 14.4 Å². The largest absolute Gasteiger partial charge is 0.398 e. The number of ketones is 2. The number of Topliss-reactive ketones (excluding diaryl/α,β-unsaturated/α-hetero) is 2. The molecule has 19 heavy (non-hydrogen) atoms. The predicted octanol–water partition coefficient (Wildman–Crippen LogP) is 1.64. The average molecular weight is 260 g/mol. The third-order valence-corrected chi connectivity index (χ3v) is 3.13. The normalized spacial score (nSPS) is 18.8. The summed E-state index contributed by atoms with van der Waals surface area (Å²) in [7, 11) is 0. The number of hydrogen-bond donors (Lipinski definition) is 2. The van der Waals surface area contributed by atoms with Crippen LogP contribution in [0, 0.1) is 11.3 Å². The Hall–Kier alpha value is -2.17. The van der Waals surface area contributed by atoms with Crippen LogP contribution in [-0.2, 0) is 9.59 Å². The number of nitrogens with one attached hydrogen (secondary N) is 1. The Balaban J connectivity index is 2.52. The molecular formula is C14H16N2O3. The van der Waals surface area contributed by atoms with Gasteiger partial charge in [-0.3, -0.25) is 14.4 Å². The van der Waals surface area contributed by atoms with E-state index in [2.05, 4.69) is 5.32 Å². The summed E-state index contributed by atoms with van der Waals surface area (Å²) in [6.45, 7) is 5.04. The molecule has 0 spiro atoms. The molecule has 0 saturated heterocycles. The standard InChI is InChI=1S/C14H16N2O3/c1-14(2,3)12(18)10-11(17)9-7(15)5-4-6-8(9)16-13(10)19/h4-6,10H,15H2,1-3H3,(H,16,19). The van der Waals surface area contributed by atoms with Crippen LogP contribution < -0.4 is 11.1 Å². The summed E-state index contributed by atoms with van der Waals surface area (Å²) in [5.41, 5.74) is 5.87. The predicted molar refractivity (Wildman–Crippen MR) is 71.8 cm³/mol. The van der Waals surface area contributed by atoms with E-state index in [4.69, 9.17) is 5.73 Å². The van der Waals surface area contributed by atoms with Crippen molar-refractivity contribution in [3.8, 4) is 0 Å². The van der Waals surface area contributed by atoms with Crippen molar-refractivity contribution in [2.24, 2.45) is 11.3 Å². The van der Waals surface area contributed by atoms with Gasteiger partial charge in [0.05, 0.1) is 11.3 Å². The van der Waals surface area contributed by atoms with Gasteiger partial charge in [0.15, 0.2) is 17.5 Å². The molecule has 0 radical (unpaired) electrons. The number of fused-ring (bicyclic) bond motifs is 1. The Labute approximate surface area is 111 Å². The van der Waals surface area contributed by atoms with Crippen molar-refractivity contribution >= 4 is 28.8 Å². The van der Waals surface area contributed by atoms with Crippen molar-refractivity contribution in [2.75, 3.05) is 11.1 Å². The number of benzene rings is 1. The van der Waals surface area contributed by atoms with Gasteiger partial charge in [0.2, 0.25) is 5.91 Å². The molecule has 1 amide bonds. The molecule has 1 heterocycles.